The fourth-order valence-corrected chi connectivity index (χ4v) is 7.43. The molecule has 0 saturated carbocycles. The van der Waals surface area contributed by atoms with Crippen molar-refractivity contribution < 1.29 is 19.1 Å². The molecule has 2 aliphatic heterocycles. The molecule has 0 aliphatic carbocycles. The van der Waals surface area contributed by atoms with Crippen LogP contribution in [0.1, 0.15) is 49.4 Å². The first-order valence-corrected chi connectivity index (χ1v) is 16.0. The van der Waals surface area contributed by atoms with E-state index in [2.05, 4.69) is 15.9 Å². The third-order valence-corrected chi connectivity index (χ3v) is 9.37. The van der Waals surface area contributed by atoms with E-state index in [-0.39, 0.29) is 22.6 Å². The van der Waals surface area contributed by atoms with Crippen LogP contribution in [-0.4, -0.2) is 30.2 Å². The Morgan fingerprint density at radius 3 is 2.48 bits per heavy atom. The smallest absolute Gasteiger partial charge is 0.338 e. The number of carbonyl (C=O) groups is 2. The van der Waals surface area contributed by atoms with Crippen molar-refractivity contribution in [1.82, 2.24) is 4.57 Å². The van der Waals surface area contributed by atoms with Gasteiger partial charge in [0.25, 0.3) is 11.5 Å². The van der Waals surface area contributed by atoms with Gasteiger partial charge in [0.05, 0.1) is 53.3 Å². The first-order chi connectivity index (χ1) is 21.4. The van der Waals surface area contributed by atoms with Gasteiger partial charge in [0.15, 0.2) is 4.80 Å². The number of ether oxygens (including phenoxy) is 2. The fourth-order valence-electron chi connectivity index (χ4n) is 5.76. The van der Waals surface area contributed by atoms with Gasteiger partial charge in [-0.15, -0.1) is 0 Å². The van der Waals surface area contributed by atoms with E-state index >= 15 is 0 Å². The van der Waals surface area contributed by atoms with Crippen LogP contribution < -0.4 is 24.5 Å². The van der Waals surface area contributed by atoms with Crippen LogP contribution in [0.25, 0.3) is 5.57 Å². The number of carbonyl (C=O) groups excluding carboxylic acids is 2. The summed E-state index contributed by atoms with van der Waals surface area (Å²) >= 11 is 4.74. The van der Waals surface area contributed by atoms with Gasteiger partial charge in [-0.05, 0) is 58.6 Å². The first-order valence-electron chi connectivity index (χ1n) is 14.4. The van der Waals surface area contributed by atoms with Gasteiger partial charge in [0.2, 0.25) is 0 Å². The fraction of sp³-hybridized carbons (Fsp3) is 0.235. The molecule has 2 aliphatic rings. The lowest BCUT2D eigenvalue weighted by Gasteiger charge is -2.26. The highest BCUT2D eigenvalue weighted by Gasteiger charge is 2.38. The monoisotopic (exact) mass is 671 g/mol. The number of amides is 1. The van der Waals surface area contributed by atoms with Crippen LogP contribution in [0.2, 0.25) is 0 Å². The van der Waals surface area contributed by atoms with Crippen molar-refractivity contribution in [1.29, 1.82) is 0 Å². The molecule has 8 nitrogen and oxygen atoms in total. The standard InChI is InChI=1S/C34H30BrN3O5S/c1-4-11-24-28(33(41)43-5-2)29(21-16-17-26(42-3)23(35)18-21)38-32(40)30(44-34(38)36-24)27-22-14-9-10-15-25(22)37(31(27)39)19-20-12-7-6-8-13-20/h6-10,12-18,29H,4-5,11,19H2,1-3H3/b30-27-/t29-/m0/s1. The molecular weight excluding hydrogens is 642 g/mol. The summed E-state index contributed by atoms with van der Waals surface area (Å²) in [6.07, 6.45) is 1.26. The zero-order chi connectivity index (χ0) is 31.0. The van der Waals surface area contributed by atoms with Crippen molar-refractivity contribution >= 4 is 50.4 Å². The van der Waals surface area contributed by atoms with Gasteiger partial charge in [-0.3, -0.25) is 14.2 Å². The Balaban J connectivity index is 1.61. The summed E-state index contributed by atoms with van der Waals surface area (Å²) < 4.78 is 13.4. The molecule has 0 spiro atoms. The molecule has 0 fully saturated rings. The van der Waals surface area contributed by atoms with E-state index in [1.807, 2.05) is 73.7 Å². The molecule has 0 N–H and O–H groups in total. The molecule has 0 saturated heterocycles. The van der Waals surface area contributed by atoms with E-state index in [4.69, 9.17) is 14.5 Å². The van der Waals surface area contributed by atoms with Gasteiger partial charge < -0.3 is 14.4 Å². The lowest BCUT2D eigenvalue weighted by Crippen LogP contribution is -2.41. The summed E-state index contributed by atoms with van der Waals surface area (Å²) in [7, 11) is 1.57. The van der Waals surface area contributed by atoms with Gasteiger partial charge in [-0.25, -0.2) is 9.79 Å². The maximum atomic E-state index is 14.5. The molecule has 0 bridgehead atoms. The first kappa shape index (κ1) is 29.8. The van der Waals surface area contributed by atoms with E-state index in [1.165, 1.54) is 15.9 Å². The lowest BCUT2D eigenvalue weighted by atomic mass is 9.94. The van der Waals surface area contributed by atoms with Gasteiger partial charge in [-0.2, -0.15) is 0 Å². The van der Waals surface area contributed by atoms with Crippen molar-refractivity contribution in [2.45, 2.75) is 39.3 Å². The third-order valence-electron chi connectivity index (χ3n) is 7.69. The Bertz CT molecular complexity index is 2000. The van der Waals surface area contributed by atoms with Crippen LogP contribution in [0, 0.1) is 0 Å². The molecule has 1 aromatic heterocycles. The average molecular weight is 673 g/mol. The summed E-state index contributed by atoms with van der Waals surface area (Å²) in [5.74, 6) is -0.154. The number of allylic oxidation sites excluding steroid dienone is 1. The molecule has 4 aromatic rings. The SMILES string of the molecule is CCCC1=C(C(=O)OCC)[C@H](c2ccc(OC)c(Br)c2)n2c(s/c(=C3\C(=O)N(Cc4ccccc4)c4ccccc43)c2=O)=N1. The second-order valence-electron chi connectivity index (χ2n) is 10.4. The van der Waals surface area contributed by atoms with E-state index in [0.29, 0.717) is 56.0 Å². The minimum atomic E-state index is -0.810. The van der Waals surface area contributed by atoms with Gasteiger partial charge in [0, 0.05) is 5.56 Å². The largest absolute Gasteiger partial charge is 0.496 e. The van der Waals surface area contributed by atoms with Crippen molar-refractivity contribution in [3.05, 3.63) is 125 Å². The highest BCUT2D eigenvalue weighted by molar-refractivity contribution is 9.10. The second kappa shape index (κ2) is 12.4. The number of methoxy groups -OCH3 is 1. The highest BCUT2D eigenvalue weighted by atomic mass is 79.9. The summed E-state index contributed by atoms with van der Waals surface area (Å²) in [5.41, 5.74) is 3.95. The number of thiazole rings is 1. The molecule has 3 heterocycles. The number of anilines is 1. The van der Waals surface area contributed by atoms with Crippen LogP contribution in [0.15, 0.2) is 98.3 Å². The van der Waals surface area contributed by atoms with E-state index < -0.39 is 12.0 Å². The lowest BCUT2D eigenvalue weighted by molar-refractivity contribution is -0.139. The minimum Gasteiger partial charge on any atom is -0.496 e. The zero-order valence-electron chi connectivity index (χ0n) is 24.5. The predicted molar refractivity (Wildman–Crippen MR) is 173 cm³/mol. The van der Waals surface area contributed by atoms with Crippen molar-refractivity contribution in [2.75, 3.05) is 18.6 Å². The van der Waals surface area contributed by atoms with E-state index in [0.717, 1.165) is 17.7 Å². The van der Waals surface area contributed by atoms with Crippen LogP contribution in [0.4, 0.5) is 5.69 Å². The quantitative estimate of drug-likeness (QED) is 0.238. The molecule has 1 atom stereocenters. The molecule has 0 unspecified atom stereocenters. The Kier molecular flexibility index (Phi) is 8.38. The van der Waals surface area contributed by atoms with Crippen LogP contribution in [-0.2, 0) is 20.9 Å². The topological polar surface area (TPSA) is 90.2 Å². The third kappa shape index (κ3) is 5.11. The summed E-state index contributed by atoms with van der Waals surface area (Å²) in [6, 6.07) is 21.9. The molecule has 10 heteroatoms. The van der Waals surface area contributed by atoms with Gasteiger partial charge >= 0.3 is 5.97 Å². The maximum absolute atomic E-state index is 14.5. The maximum Gasteiger partial charge on any atom is 0.338 e. The van der Waals surface area contributed by atoms with Crippen LogP contribution in [0.3, 0.4) is 0 Å². The summed E-state index contributed by atoms with van der Waals surface area (Å²) in [6.45, 7) is 4.31. The molecule has 1 amide bonds. The number of benzene rings is 3. The average Bonchev–Trinajstić information content (AvgIpc) is 3.49. The predicted octanol–water partition coefficient (Wildman–Crippen LogP) is 5.27. The molecule has 6 rings (SSSR count). The number of aromatic nitrogens is 1. The van der Waals surface area contributed by atoms with Crippen molar-refractivity contribution in [3.63, 3.8) is 0 Å². The zero-order valence-corrected chi connectivity index (χ0v) is 26.9. The molecule has 224 valence electrons. The number of para-hydroxylation sites is 1. The normalized spacial score (nSPS) is 16.9. The summed E-state index contributed by atoms with van der Waals surface area (Å²) in [5, 5.41) is 0. The number of fused-ring (bicyclic) bond motifs is 2. The van der Waals surface area contributed by atoms with E-state index in [1.54, 1.807) is 25.0 Å². The van der Waals surface area contributed by atoms with Crippen LogP contribution in [0.5, 0.6) is 5.75 Å². The molecular formula is C34H30BrN3O5S. The van der Waals surface area contributed by atoms with Crippen LogP contribution >= 0.6 is 27.3 Å². The second-order valence-corrected chi connectivity index (χ2v) is 12.2. The number of rotatable bonds is 8. The number of halogens is 1. The summed E-state index contributed by atoms with van der Waals surface area (Å²) in [4.78, 5) is 49.2. The Hall–Kier alpha value is -4.28. The Labute approximate surface area is 266 Å². The molecule has 44 heavy (non-hydrogen) atoms. The van der Waals surface area contributed by atoms with Gasteiger partial charge in [0.1, 0.15) is 10.3 Å². The van der Waals surface area contributed by atoms with Crippen molar-refractivity contribution in [3.8, 4) is 5.75 Å². The molecule has 3 aromatic carbocycles. The Morgan fingerprint density at radius 1 is 1.02 bits per heavy atom. The van der Waals surface area contributed by atoms with Crippen molar-refractivity contribution in [2.24, 2.45) is 4.99 Å². The number of nitrogens with zero attached hydrogens (tertiary/aromatic N) is 3. The number of esters is 1. The Morgan fingerprint density at radius 2 is 1.77 bits per heavy atom. The van der Waals surface area contributed by atoms with E-state index in [9.17, 15) is 14.4 Å². The minimum absolute atomic E-state index is 0.178. The number of hydrogen-bond donors (Lipinski definition) is 0. The highest BCUT2D eigenvalue weighted by Crippen LogP contribution is 2.38. The molecule has 0 radical (unpaired) electrons. The van der Waals surface area contributed by atoms with Gasteiger partial charge in [-0.1, -0.05) is 79.3 Å². The number of hydrogen-bond acceptors (Lipinski definition) is 7.